The first kappa shape index (κ1) is 19.1. The van der Waals surface area contributed by atoms with E-state index in [9.17, 15) is 10.1 Å². The van der Waals surface area contributed by atoms with Crippen LogP contribution in [-0.2, 0) is 0 Å². The van der Waals surface area contributed by atoms with Crippen molar-refractivity contribution in [1.82, 2.24) is 19.4 Å². The molecule has 0 unspecified atom stereocenters. The van der Waals surface area contributed by atoms with Gasteiger partial charge in [0.1, 0.15) is 23.4 Å². The number of rotatable bonds is 3. The van der Waals surface area contributed by atoms with Gasteiger partial charge in [0.25, 0.3) is 5.56 Å². The molecular formula is C24H22N6O. The van der Waals surface area contributed by atoms with Gasteiger partial charge in [0.2, 0.25) is 0 Å². The Morgan fingerprint density at radius 1 is 1.13 bits per heavy atom. The van der Waals surface area contributed by atoms with Crippen LogP contribution in [0.5, 0.6) is 0 Å². The number of pyridine rings is 1. The average Bonchev–Trinajstić information content (AvgIpc) is 3.23. The molecule has 154 valence electrons. The smallest absolute Gasteiger partial charge is 0.267 e. The van der Waals surface area contributed by atoms with Crippen LogP contribution in [0.1, 0.15) is 36.2 Å². The molecule has 0 bridgehead atoms. The van der Waals surface area contributed by atoms with E-state index in [1.54, 1.807) is 16.7 Å². The SMILES string of the molecule is Cc1cccn2c(=O)c(/C=C(\C#N)c3nc4ccccc4[nH]3)c(N3CCCCC3)nc12. The molecule has 0 spiro atoms. The molecular weight excluding hydrogens is 388 g/mol. The molecule has 1 saturated heterocycles. The number of nitriles is 1. The van der Waals surface area contributed by atoms with Crippen molar-refractivity contribution < 1.29 is 0 Å². The molecule has 4 aromatic rings. The number of hydrogen-bond acceptors (Lipinski definition) is 5. The summed E-state index contributed by atoms with van der Waals surface area (Å²) in [6.45, 7) is 3.65. The lowest BCUT2D eigenvalue weighted by Crippen LogP contribution is -2.33. The van der Waals surface area contributed by atoms with Gasteiger partial charge in [0.05, 0.1) is 22.2 Å². The highest BCUT2D eigenvalue weighted by Gasteiger charge is 2.21. The van der Waals surface area contributed by atoms with E-state index in [-0.39, 0.29) is 5.56 Å². The van der Waals surface area contributed by atoms with Crippen LogP contribution in [0.3, 0.4) is 0 Å². The number of aryl methyl sites for hydroxylation is 1. The normalized spacial score (nSPS) is 14.8. The first-order valence-corrected chi connectivity index (χ1v) is 10.5. The van der Waals surface area contributed by atoms with Crippen LogP contribution in [0.15, 0.2) is 47.4 Å². The van der Waals surface area contributed by atoms with Crippen molar-refractivity contribution in [3.05, 3.63) is 69.9 Å². The fourth-order valence-corrected chi connectivity index (χ4v) is 4.15. The number of aromatic amines is 1. The highest BCUT2D eigenvalue weighted by molar-refractivity contribution is 5.92. The number of hydrogen-bond donors (Lipinski definition) is 1. The standard InChI is InChI=1S/C24H22N6O/c1-16-8-7-13-30-22(16)28-23(29-11-5-2-6-12-29)18(24(30)31)14-17(15-25)21-26-19-9-3-4-10-20(19)27-21/h3-4,7-10,13-14H,2,5-6,11-12H2,1H3,(H,26,27)/b17-14+. The number of para-hydroxylation sites is 2. The van der Waals surface area contributed by atoms with Crippen LogP contribution in [0, 0.1) is 18.3 Å². The molecule has 7 heteroatoms. The minimum absolute atomic E-state index is 0.182. The zero-order chi connectivity index (χ0) is 21.4. The largest absolute Gasteiger partial charge is 0.356 e. The molecule has 0 saturated carbocycles. The van der Waals surface area contributed by atoms with Gasteiger partial charge in [-0.25, -0.2) is 9.97 Å². The Balaban J connectivity index is 1.74. The van der Waals surface area contributed by atoms with E-state index in [0.717, 1.165) is 42.5 Å². The van der Waals surface area contributed by atoms with Crippen LogP contribution in [0.4, 0.5) is 5.82 Å². The lowest BCUT2D eigenvalue weighted by Gasteiger charge is -2.29. The van der Waals surface area contributed by atoms with E-state index in [2.05, 4.69) is 20.9 Å². The number of allylic oxidation sites excluding steroid dienone is 1. The first-order chi connectivity index (χ1) is 15.2. The predicted molar refractivity (Wildman–Crippen MR) is 122 cm³/mol. The zero-order valence-electron chi connectivity index (χ0n) is 17.3. The second-order valence-electron chi connectivity index (χ2n) is 7.86. The molecule has 31 heavy (non-hydrogen) atoms. The van der Waals surface area contributed by atoms with Crippen LogP contribution >= 0.6 is 0 Å². The molecule has 0 aliphatic carbocycles. The third-order valence-corrected chi connectivity index (χ3v) is 5.77. The molecule has 0 amide bonds. The van der Waals surface area contributed by atoms with Crippen LogP contribution in [-0.4, -0.2) is 32.4 Å². The molecule has 7 nitrogen and oxygen atoms in total. The average molecular weight is 410 g/mol. The molecule has 1 fully saturated rings. The fourth-order valence-electron chi connectivity index (χ4n) is 4.15. The third kappa shape index (κ3) is 3.36. The minimum Gasteiger partial charge on any atom is -0.356 e. The van der Waals surface area contributed by atoms with Gasteiger partial charge in [-0.05, 0) is 56.0 Å². The van der Waals surface area contributed by atoms with Crippen molar-refractivity contribution in [2.24, 2.45) is 0 Å². The molecule has 3 aromatic heterocycles. The van der Waals surface area contributed by atoms with Gasteiger partial charge in [-0.15, -0.1) is 0 Å². The van der Waals surface area contributed by atoms with Gasteiger partial charge in [0.15, 0.2) is 0 Å². The van der Waals surface area contributed by atoms with E-state index >= 15 is 0 Å². The summed E-state index contributed by atoms with van der Waals surface area (Å²) >= 11 is 0. The molecule has 1 aromatic carbocycles. The number of nitrogens with one attached hydrogen (secondary N) is 1. The Morgan fingerprint density at radius 2 is 1.94 bits per heavy atom. The summed E-state index contributed by atoms with van der Waals surface area (Å²) in [4.78, 5) is 28.3. The number of anilines is 1. The van der Waals surface area contributed by atoms with E-state index < -0.39 is 0 Å². The molecule has 1 aliphatic heterocycles. The molecule has 4 heterocycles. The fraction of sp³-hybridized carbons (Fsp3) is 0.250. The summed E-state index contributed by atoms with van der Waals surface area (Å²) in [5, 5.41) is 9.89. The number of piperidine rings is 1. The van der Waals surface area contributed by atoms with E-state index in [1.165, 1.54) is 6.42 Å². The Kier molecular flexibility index (Phi) is 4.75. The van der Waals surface area contributed by atoms with Gasteiger partial charge in [0, 0.05) is 19.3 Å². The van der Waals surface area contributed by atoms with Gasteiger partial charge in [-0.2, -0.15) is 5.26 Å². The van der Waals surface area contributed by atoms with E-state index in [1.807, 2.05) is 43.3 Å². The number of nitrogens with zero attached hydrogens (tertiary/aromatic N) is 5. The van der Waals surface area contributed by atoms with Gasteiger partial charge >= 0.3 is 0 Å². The number of imidazole rings is 1. The molecule has 5 rings (SSSR count). The van der Waals surface area contributed by atoms with Crippen molar-refractivity contribution in [2.75, 3.05) is 18.0 Å². The third-order valence-electron chi connectivity index (χ3n) is 5.77. The summed E-state index contributed by atoms with van der Waals surface area (Å²) in [6, 6.07) is 13.6. The van der Waals surface area contributed by atoms with E-state index in [0.29, 0.717) is 28.4 Å². The Morgan fingerprint density at radius 3 is 2.71 bits per heavy atom. The highest BCUT2D eigenvalue weighted by Crippen LogP contribution is 2.26. The predicted octanol–water partition coefficient (Wildman–Crippen LogP) is 3.93. The van der Waals surface area contributed by atoms with Crippen LogP contribution in [0.2, 0.25) is 0 Å². The second kappa shape index (κ2) is 7.73. The van der Waals surface area contributed by atoms with Gasteiger partial charge in [-0.1, -0.05) is 18.2 Å². The lowest BCUT2D eigenvalue weighted by molar-refractivity contribution is 0.573. The maximum atomic E-state index is 13.5. The van der Waals surface area contributed by atoms with Crippen molar-refractivity contribution >= 4 is 34.1 Å². The number of fused-ring (bicyclic) bond motifs is 2. The Hall–Kier alpha value is -3.92. The monoisotopic (exact) mass is 410 g/mol. The Bertz CT molecular complexity index is 1380. The molecule has 0 radical (unpaired) electrons. The van der Waals surface area contributed by atoms with Gasteiger partial charge in [-0.3, -0.25) is 9.20 Å². The van der Waals surface area contributed by atoms with Gasteiger partial charge < -0.3 is 9.88 Å². The lowest BCUT2D eigenvalue weighted by atomic mass is 10.1. The summed E-state index contributed by atoms with van der Waals surface area (Å²) < 4.78 is 1.56. The summed E-state index contributed by atoms with van der Waals surface area (Å²) in [5.41, 5.74) is 3.75. The maximum absolute atomic E-state index is 13.5. The zero-order valence-corrected chi connectivity index (χ0v) is 17.3. The summed E-state index contributed by atoms with van der Waals surface area (Å²) in [5.74, 6) is 1.09. The number of H-pyrrole nitrogens is 1. The molecule has 0 atom stereocenters. The van der Waals surface area contributed by atoms with Crippen molar-refractivity contribution in [3.8, 4) is 6.07 Å². The van der Waals surface area contributed by atoms with Crippen molar-refractivity contribution in [2.45, 2.75) is 26.2 Å². The quantitative estimate of drug-likeness (QED) is 0.517. The van der Waals surface area contributed by atoms with Crippen molar-refractivity contribution in [1.29, 1.82) is 5.26 Å². The number of benzene rings is 1. The topological polar surface area (TPSA) is 90.1 Å². The highest BCUT2D eigenvalue weighted by atomic mass is 16.1. The molecule has 1 N–H and O–H groups in total. The molecule has 1 aliphatic rings. The summed E-state index contributed by atoms with van der Waals surface area (Å²) in [6.07, 6.45) is 6.66. The maximum Gasteiger partial charge on any atom is 0.267 e. The van der Waals surface area contributed by atoms with Crippen LogP contribution < -0.4 is 10.5 Å². The second-order valence-corrected chi connectivity index (χ2v) is 7.86. The van der Waals surface area contributed by atoms with E-state index in [4.69, 9.17) is 4.98 Å². The van der Waals surface area contributed by atoms with Crippen LogP contribution in [0.25, 0.3) is 28.3 Å². The minimum atomic E-state index is -0.182. The summed E-state index contributed by atoms with van der Waals surface area (Å²) in [7, 11) is 0. The van der Waals surface area contributed by atoms with Crippen molar-refractivity contribution in [3.63, 3.8) is 0 Å². The number of aromatic nitrogens is 4. The first-order valence-electron chi connectivity index (χ1n) is 10.5. The Labute approximate surface area is 179 Å².